The molecule has 9 heteroatoms. The Morgan fingerprint density at radius 2 is 1.95 bits per heavy atom. The standard InChI is InChI=1S/C12H15N3O4S.ClH/c1-7-2-3-8(4-11(7)15(16)17)20(18,19)14-12-9-5-13-6-10(9)12;/h2-4,9-10,12-14H,5-6H2,1H3;1H. The summed E-state index contributed by atoms with van der Waals surface area (Å²) >= 11 is 0. The average Bonchev–Trinajstić information content (AvgIpc) is 2.83. The quantitative estimate of drug-likeness (QED) is 0.627. The number of halogens is 1. The van der Waals surface area contributed by atoms with Gasteiger partial charge in [0.25, 0.3) is 5.69 Å². The number of sulfonamides is 1. The number of hydrogen-bond acceptors (Lipinski definition) is 5. The fourth-order valence-electron chi connectivity index (χ4n) is 2.79. The number of hydrogen-bond donors (Lipinski definition) is 2. The van der Waals surface area contributed by atoms with Crippen LogP contribution in [0.1, 0.15) is 5.56 Å². The number of nitrogens with one attached hydrogen (secondary N) is 2. The first-order chi connectivity index (χ1) is 9.40. The Labute approximate surface area is 128 Å². The molecule has 2 N–H and O–H groups in total. The Bertz CT molecular complexity index is 669. The first kappa shape index (κ1) is 16.2. The average molecular weight is 334 g/mol. The van der Waals surface area contributed by atoms with Gasteiger partial charge < -0.3 is 5.32 Å². The van der Waals surface area contributed by atoms with Crippen molar-refractivity contribution in [1.29, 1.82) is 0 Å². The molecule has 21 heavy (non-hydrogen) atoms. The zero-order valence-electron chi connectivity index (χ0n) is 11.3. The molecule has 0 aromatic heterocycles. The van der Waals surface area contributed by atoms with Gasteiger partial charge in [0.05, 0.1) is 9.82 Å². The summed E-state index contributed by atoms with van der Waals surface area (Å²) in [7, 11) is -3.69. The van der Waals surface area contributed by atoms with Crippen LogP contribution in [0.15, 0.2) is 23.1 Å². The molecular weight excluding hydrogens is 318 g/mol. The Balaban J connectivity index is 0.00000161. The zero-order valence-corrected chi connectivity index (χ0v) is 12.9. The summed E-state index contributed by atoms with van der Waals surface area (Å²) in [6, 6.07) is 3.94. The van der Waals surface area contributed by atoms with E-state index < -0.39 is 14.9 Å². The van der Waals surface area contributed by atoms with E-state index in [1.54, 1.807) is 6.92 Å². The lowest BCUT2D eigenvalue weighted by Crippen LogP contribution is -2.32. The molecule has 1 heterocycles. The Kier molecular flexibility index (Phi) is 4.25. The third kappa shape index (κ3) is 2.89. The van der Waals surface area contributed by atoms with E-state index in [1.807, 2.05) is 0 Å². The SMILES string of the molecule is Cc1ccc(S(=O)(=O)NC2C3CNCC32)cc1[N+](=O)[O-].Cl. The molecule has 0 radical (unpaired) electrons. The monoisotopic (exact) mass is 333 g/mol. The lowest BCUT2D eigenvalue weighted by atomic mass is 10.2. The van der Waals surface area contributed by atoms with Crippen molar-refractivity contribution in [3.8, 4) is 0 Å². The van der Waals surface area contributed by atoms with Gasteiger partial charge in [-0.25, -0.2) is 13.1 Å². The van der Waals surface area contributed by atoms with E-state index in [9.17, 15) is 18.5 Å². The van der Waals surface area contributed by atoms with Crippen molar-refractivity contribution >= 4 is 28.1 Å². The van der Waals surface area contributed by atoms with Gasteiger partial charge in [-0.1, -0.05) is 6.07 Å². The van der Waals surface area contributed by atoms with Crippen LogP contribution in [-0.2, 0) is 10.0 Å². The molecule has 116 valence electrons. The van der Waals surface area contributed by atoms with Crippen molar-refractivity contribution in [2.75, 3.05) is 13.1 Å². The topological polar surface area (TPSA) is 101 Å². The maximum Gasteiger partial charge on any atom is 0.273 e. The molecule has 2 unspecified atom stereocenters. The minimum atomic E-state index is -3.69. The van der Waals surface area contributed by atoms with Crippen molar-refractivity contribution in [2.24, 2.45) is 11.8 Å². The summed E-state index contributed by atoms with van der Waals surface area (Å²) < 4.78 is 27.1. The molecule has 2 aliphatic rings. The zero-order chi connectivity index (χ0) is 14.5. The minimum Gasteiger partial charge on any atom is -0.316 e. The van der Waals surface area contributed by atoms with Crippen LogP contribution in [0.4, 0.5) is 5.69 Å². The summed E-state index contributed by atoms with van der Waals surface area (Å²) in [6.07, 6.45) is 0. The van der Waals surface area contributed by atoms with E-state index in [1.165, 1.54) is 12.1 Å². The molecular formula is C12H16ClN3O4S. The van der Waals surface area contributed by atoms with Crippen LogP contribution in [0.25, 0.3) is 0 Å². The molecule has 1 aromatic carbocycles. The molecule has 1 saturated heterocycles. The summed E-state index contributed by atoms with van der Waals surface area (Å²) in [6.45, 7) is 3.23. The van der Waals surface area contributed by atoms with Gasteiger partial charge in [-0.15, -0.1) is 12.4 Å². The first-order valence-corrected chi connectivity index (χ1v) is 7.86. The fourth-order valence-corrected chi connectivity index (χ4v) is 4.15. The van der Waals surface area contributed by atoms with Gasteiger partial charge >= 0.3 is 0 Å². The largest absolute Gasteiger partial charge is 0.316 e. The second-order valence-corrected chi connectivity index (χ2v) is 7.05. The van der Waals surface area contributed by atoms with Gasteiger partial charge in [-0.3, -0.25) is 10.1 Å². The molecule has 0 amide bonds. The smallest absolute Gasteiger partial charge is 0.273 e. The van der Waals surface area contributed by atoms with Gasteiger partial charge in [0.2, 0.25) is 10.0 Å². The molecule has 1 aliphatic carbocycles. The van der Waals surface area contributed by atoms with Crippen LogP contribution in [0.2, 0.25) is 0 Å². The van der Waals surface area contributed by atoms with Crippen LogP contribution in [0, 0.1) is 28.9 Å². The van der Waals surface area contributed by atoms with Crippen molar-refractivity contribution < 1.29 is 13.3 Å². The summed E-state index contributed by atoms with van der Waals surface area (Å²) in [5.74, 6) is 0.704. The van der Waals surface area contributed by atoms with E-state index in [2.05, 4.69) is 10.0 Å². The van der Waals surface area contributed by atoms with Crippen LogP contribution in [0.5, 0.6) is 0 Å². The highest BCUT2D eigenvalue weighted by atomic mass is 35.5. The van der Waals surface area contributed by atoms with Crippen LogP contribution >= 0.6 is 12.4 Å². The highest BCUT2D eigenvalue weighted by Crippen LogP contribution is 2.42. The predicted molar refractivity (Wildman–Crippen MR) is 79.0 cm³/mol. The number of nitro benzene ring substituents is 1. The third-order valence-electron chi connectivity index (χ3n) is 4.07. The van der Waals surface area contributed by atoms with Gasteiger partial charge in [-0.2, -0.15) is 0 Å². The molecule has 1 aromatic rings. The third-order valence-corrected chi connectivity index (χ3v) is 5.53. The molecule has 3 rings (SSSR count). The van der Waals surface area contributed by atoms with E-state index in [0.29, 0.717) is 17.4 Å². The Morgan fingerprint density at radius 3 is 2.52 bits per heavy atom. The number of piperidine rings is 1. The summed E-state index contributed by atoms with van der Waals surface area (Å²) in [4.78, 5) is 10.3. The molecule has 2 atom stereocenters. The molecule has 7 nitrogen and oxygen atoms in total. The van der Waals surface area contributed by atoms with Gasteiger partial charge in [0.1, 0.15) is 0 Å². The van der Waals surface area contributed by atoms with Crippen LogP contribution in [0.3, 0.4) is 0 Å². The number of benzene rings is 1. The lowest BCUT2D eigenvalue weighted by Gasteiger charge is -2.09. The first-order valence-electron chi connectivity index (χ1n) is 6.38. The highest BCUT2D eigenvalue weighted by Gasteiger charge is 2.54. The number of aryl methyl sites for hydroxylation is 1. The molecule has 0 bridgehead atoms. The van der Waals surface area contributed by atoms with Crippen molar-refractivity contribution in [3.63, 3.8) is 0 Å². The maximum atomic E-state index is 12.2. The lowest BCUT2D eigenvalue weighted by molar-refractivity contribution is -0.385. The predicted octanol–water partition coefficient (Wildman–Crippen LogP) is 0.821. The molecule has 0 spiro atoms. The van der Waals surface area contributed by atoms with Crippen LogP contribution < -0.4 is 10.0 Å². The van der Waals surface area contributed by atoms with Gasteiger partial charge in [-0.05, 0) is 37.9 Å². The van der Waals surface area contributed by atoms with E-state index >= 15 is 0 Å². The second kappa shape index (κ2) is 5.53. The van der Waals surface area contributed by atoms with Crippen molar-refractivity contribution in [2.45, 2.75) is 17.9 Å². The number of nitro groups is 1. The van der Waals surface area contributed by atoms with Crippen LogP contribution in [-0.4, -0.2) is 32.5 Å². The minimum absolute atomic E-state index is 0. The van der Waals surface area contributed by atoms with Crippen molar-refractivity contribution in [3.05, 3.63) is 33.9 Å². The molecule has 2 fully saturated rings. The summed E-state index contributed by atoms with van der Waals surface area (Å²) in [5.41, 5.74) is 0.270. The normalized spacial score (nSPS) is 26.8. The molecule has 1 saturated carbocycles. The maximum absolute atomic E-state index is 12.2. The van der Waals surface area contributed by atoms with Gasteiger partial charge in [0, 0.05) is 17.7 Å². The van der Waals surface area contributed by atoms with Gasteiger partial charge in [0.15, 0.2) is 0 Å². The summed E-state index contributed by atoms with van der Waals surface area (Å²) in [5, 5.41) is 14.1. The second-order valence-electron chi connectivity index (χ2n) is 5.34. The van der Waals surface area contributed by atoms with E-state index in [-0.39, 0.29) is 29.0 Å². The van der Waals surface area contributed by atoms with E-state index in [0.717, 1.165) is 19.2 Å². The number of fused-ring (bicyclic) bond motifs is 1. The van der Waals surface area contributed by atoms with E-state index in [4.69, 9.17) is 0 Å². The molecule has 1 aliphatic heterocycles. The fraction of sp³-hybridized carbons (Fsp3) is 0.500. The Hall–Kier alpha value is -1.22. The number of rotatable bonds is 4. The van der Waals surface area contributed by atoms with Crippen molar-refractivity contribution in [1.82, 2.24) is 10.0 Å². The number of nitrogens with zero attached hydrogens (tertiary/aromatic N) is 1. The Morgan fingerprint density at radius 1 is 1.33 bits per heavy atom. The highest BCUT2D eigenvalue weighted by molar-refractivity contribution is 7.89.